The molecule has 0 saturated carbocycles. The summed E-state index contributed by atoms with van der Waals surface area (Å²) < 4.78 is 5.71. The number of hydrogen-bond donors (Lipinski definition) is 1. The van der Waals surface area contributed by atoms with Gasteiger partial charge in [-0.1, -0.05) is 36.5 Å². The average molecular weight is 317 g/mol. The Labute approximate surface area is 133 Å². The molecule has 0 radical (unpaired) electrons. The zero-order valence-electron chi connectivity index (χ0n) is 12.5. The van der Waals surface area contributed by atoms with Crippen molar-refractivity contribution in [1.82, 2.24) is 15.5 Å². The third kappa shape index (κ3) is 3.44. The quantitative estimate of drug-likeness (QED) is 0.940. The topological polar surface area (TPSA) is 64.1 Å². The number of carbonyl (C=O) groups excluding carboxylic acids is 1. The maximum atomic E-state index is 12.4. The average Bonchev–Trinajstić information content (AvgIpc) is 2.90. The van der Waals surface area contributed by atoms with Crippen molar-refractivity contribution >= 4 is 17.2 Å². The van der Waals surface area contributed by atoms with E-state index in [4.69, 9.17) is 4.74 Å². The zero-order chi connectivity index (χ0) is 15.4. The van der Waals surface area contributed by atoms with E-state index in [0.29, 0.717) is 13.2 Å². The molecule has 0 aliphatic carbocycles. The van der Waals surface area contributed by atoms with E-state index < -0.39 is 0 Å². The van der Waals surface area contributed by atoms with E-state index in [1.807, 2.05) is 31.2 Å². The molecule has 1 amide bonds. The molecule has 1 atom stereocenters. The van der Waals surface area contributed by atoms with Gasteiger partial charge in [0.15, 0.2) is 0 Å². The molecular weight excluding hydrogens is 298 g/mol. The van der Waals surface area contributed by atoms with E-state index in [-0.39, 0.29) is 11.8 Å². The number of hydrogen-bond acceptors (Lipinski definition) is 5. The fourth-order valence-corrected chi connectivity index (χ4v) is 3.25. The van der Waals surface area contributed by atoms with Gasteiger partial charge in [0.25, 0.3) is 0 Å². The molecule has 1 N–H and O–H groups in total. The molecule has 0 spiro atoms. The van der Waals surface area contributed by atoms with Gasteiger partial charge >= 0.3 is 0 Å². The molecule has 0 fully saturated rings. The predicted molar refractivity (Wildman–Crippen MR) is 84.9 cm³/mol. The Morgan fingerprint density at radius 3 is 3.00 bits per heavy atom. The number of aromatic nitrogens is 2. The Kier molecular flexibility index (Phi) is 4.68. The summed E-state index contributed by atoms with van der Waals surface area (Å²) in [6.45, 7) is 3.08. The van der Waals surface area contributed by atoms with Gasteiger partial charge in [-0.15, -0.1) is 10.2 Å². The van der Waals surface area contributed by atoms with Crippen LogP contribution in [0.2, 0.25) is 0 Å². The summed E-state index contributed by atoms with van der Waals surface area (Å²) in [5, 5.41) is 13.0. The van der Waals surface area contributed by atoms with Crippen LogP contribution in [0.25, 0.3) is 0 Å². The molecule has 116 valence electrons. The lowest BCUT2D eigenvalue weighted by Gasteiger charge is -2.13. The number of nitrogens with zero attached hydrogens (tertiary/aromatic N) is 2. The normalized spacial score (nSPS) is 17.2. The highest BCUT2D eigenvalue weighted by molar-refractivity contribution is 7.11. The highest BCUT2D eigenvalue weighted by Gasteiger charge is 2.23. The molecular formula is C16H19N3O2S. The lowest BCUT2D eigenvalue weighted by atomic mass is 9.96. The molecule has 1 aliphatic rings. The smallest absolute Gasteiger partial charge is 0.223 e. The van der Waals surface area contributed by atoms with Gasteiger partial charge in [0.2, 0.25) is 5.91 Å². The summed E-state index contributed by atoms with van der Waals surface area (Å²) in [5.74, 6) is 0.908. The van der Waals surface area contributed by atoms with Gasteiger partial charge in [0.1, 0.15) is 15.8 Å². The van der Waals surface area contributed by atoms with Gasteiger partial charge < -0.3 is 10.1 Å². The first-order chi connectivity index (χ1) is 10.8. The molecule has 5 nitrogen and oxygen atoms in total. The summed E-state index contributed by atoms with van der Waals surface area (Å²) in [4.78, 5) is 12.4. The van der Waals surface area contributed by atoms with Crippen molar-refractivity contribution < 1.29 is 9.53 Å². The first-order valence-corrected chi connectivity index (χ1v) is 8.37. The van der Waals surface area contributed by atoms with Crippen LogP contribution in [0.3, 0.4) is 0 Å². The number of aryl methyl sites for hydroxylation is 1. The van der Waals surface area contributed by atoms with Crippen LogP contribution >= 0.6 is 11.3 Å². The van der Waals surface area contributed by atoms with Gasteiger partial charge in [-0.05, 0) is 30.9 Å². The van der Waals surface area contributed by atoms with Crippen LogP contribution in [0.15, 0.2) is 24.3 Å². The summed E-state index contributed by atoms with van der Waals surface area (Å²) in [6.07, 6.45) is 2.33. The first kappa shape index (κ1) is 15.0. The second-order valence-electron chi connectivity index (χ2n) is 5.31. The number of carbonyl (C=O) groups is 1. The maximum Gasteiger partial charge on any atom is 0.223 e. The molecule has 22 heavy (non-hydrogen) atoms. The first-order valence-electron chi connectivity index (χ1n) is 7.56. The van der Waals surface area contributed by atoms with E-state index in [9.17, 15) is 4.79 Å². The SMILES string of the molecule is CCc1nnc(CNC(=O)[C@H]2CCOc3ccccc3C2)s1. The van der Waals surface area contributed by atoms with Gasteiger partial charge in [0, 0.05) is 5.92 Å². The van der Waals surface area contributed by atoms with Crippen LogP contribution in [0.1, 0.15) is 28.9 Å². The number of amides is 1. The summed E-state index contributed by atoms with van der Waals surface area (Å²) >= 11 is 1.55. The standard InChI is InChI=1S/C16H19N3O2S/c1-2-14-18-19-15(22-14)10-17-16(20)12-7-8-21-13-6-4-3-5-11(13)9-12/h3-6,12H,2,7-10H2,1H3,(H,17,20)/t12-/m0/s1. The van der Waals surface area contributed by atoms with Crippen molar-refractivity contribution in [2.75, 3.05) is 6.61 Å². The van der Waals surface area contributed by atoms with Crippen LogP contribution in [-0.2, 0) is 24.2 Å². The molecule has 1 aromatic heterocycles. The molecule has 1 aliphatic heterocycles. The minimum Gasteiger partial charge on any atom is -0.493 e. The number of benzene rings is 1. The number of para-hydroxylation sites is 1. The Morgan fingerprint density at radius 2 is 2.18 bits per heavy atom. The third-order valence-electron chi connectivity index (χ3n) is 3.76. The minimum atomic E-state index is -0.0535. The van der Waals surface area contributed by atoms with Crippen molar-refractivity contribution in [2.24, 2.45) is 5.92 Å². The monoisotopic (exact) mass is 317 g/mol. The molecule has 0 saturated heterocycles. The van der Waals surface area contributed by atoms with E-state index in [1.165, 1.54) is 0 Å². The third-order valence-corrected chi connectivity index (χ3v) is 4.83. The molecule has 0 bridgehead atoms. The summed E-state index contributed by atoms with van der Waals surface area (Å²) in [5.41, 5.74) is 1.10. The number of rotatable bonds is 4. The number of fused-ring (bicyclic) bond motifs is 1. The molecule has 1 aromatic carbocycles. The van der Waals surface area contributed by atoms with E-state index in [1.54, 1.807) is 11.3 Å². The molecule has 2 aromatic rings. The molecule has 2 heterocycles. The van der Waals surface area contributed by atoms with Gasteiger partial charge in [-0.3, -0.25) is 4.79 Å². The van der Waals surface area contributed by atoms with E-state index in [2.05, 4.69) is 15.5 Å². The lowest BCUT2D eigenvalue weighted by Crippen LogP contribution is -2.31. The van der Waals surface area contributed by atoms with Crippen molar-refractivity contribution in [3.8, 4) is 5.75 Å². The Balaban J connectivity index is 1.60. The van der Waals surface area contributed by atoms with Crippen molar-refractivity contribution in [2.45, 2.75) is 32.7 Å². The molecule has 0 unspecified atom stereocenters. The van der Waals surface area contributed by atoms with E-state index in [0.717, 1.165) is 40.6 Å². The lowest BCUT2D eigenvalue weighted by molar-refractivity contribution is -0.125. The van der Waals surface area contributed by atoms with E-state index >= 15 is 0 Å². The van der Waals surface area contributed by atoms with Crippen LogP contribution in [0, 0.1) is 5.92 Å². The van der Waals surface area contributed by atoms with Crippen LogP contribution in [-0.4, -0.2) is 22.7 Å². The predicted octanol–water partition coefficient (Wildman–Crippen LogP) is 2.36. The van der Waals surface area contributed by atoms with Crippen molar-refractivity contribution in [3.05, 3.63) is 39.8 Å². The molecule has 6 heteroatoms. The van der Waals surface area contributed by atoms with Crippen molar-refractivity contribution in [3.63, 3.8) is 0 Å². The molecule has 3 rings (SSSR count). The summed E-state index contributed by atoms with van der Waals surface area (Å²) in [7, 11) is 0. The summed E-state index contributed by atoms with van der Waals surface area (Å²) in [6, 6.07) is 7.93. The zero-order valence-corrected chi connectivity index (χ0v) is 13.4. The number of nitrogens with one attached hydrogen (secondary N) is 1. The van der Waals surface area contributed by atoms with Crippen LogP contribution < -0.4 is 10.1 Å². The maximum absolute atomic E-state index is 12.4. The Bertz CT molecular complexity index is 656. The fourth-order valence-electron chi connectivity index (χ4n) is 2.53. The van der Waals surface area contributed by atoms with Crippen molar-refractivity contribution in [1.29, 1.82) is 0 Å². The second-order valence-corrected chi connectivity index (χ2v) is 6.45. The van der Waals surface area contributed by atoms with Gasteiger partial charge in [0.05, 0.1) is 13.2 Å². The fraction of sp³-hybridized carbons (Fsp3) is 0.438. The highest BCUT2D eigenvalue weighted by Crippen LogP contribution is 2.26. The van der Waals surface area contributed by atoms with Gasteiger partial charge in [-0.25, -0.2) is 0 Å². The van der Waals surface area contributed by atoms with Crippen LogP contribution in [0.5, 0.6) is 5.75 Å². The minimum absolute atomic E-state index is 0.0535. The largest absolute Gasteiger partial charge is 0.493 e. The van der Waals surface area contributed by atoms with Crippen LogP contribution in [0.4, 0.5) is 0 Å². The Morgan fingerprint density at radius 1 is 1.36 bits per heavy atom. The Hall–Kier alpha value is -1.95. The van der Waals surface area contributed by atoms with Gasteiger partial charge in [-0.2, -0.15) is 0 Å². The number of ether oxygens (including phenoxy) is 1. The highest BCUT2D eigenvalue weighted by atomic mass is 32.1. The second kappa shape index (κ2) is 6.87.